The van der Waals surface area contributed by atoms with Crippen molar-refractivity contribution in [3.63, 3.8) is 0 Å². The zero-order valence-corrected chi connectivity index (χ0v) is 10.9. The largest absolute Gasteiger partial charge is 0.481 e. The van der Waals surface area contributed by atoms with Crippen LogP contribution in [0.4, 0.5) is 0 Å². The number of unbranched alkanes of at least 4 members (excludes halogenated alkanes) is 2. The third-order valence-corrected chi connectivity index (χ3v) is 3.15. The number of carboxylic acid groups (broad SMARTS) is 1. The molecule has 2 unspecified atom stereocenters. The number of rotatable bonds is 9. The Kier molecular flexibility index (Phi) is 8.97. The lowest BCUT2D eigenvalue weighted by molar-refractivity contribution is -0.143. The SMILES string of the molecule is C/C=C/CCC(C(=O)O)C(C)CCCCC. The molecule has 2 heteroatoms. The van der Waals surface area contributed by atoms with E-state index < -0.39 is 5.97 Å². The van der Waals surface area contributed by atoms with Crippen LogP contribution >= 0.6 is 0 Å². The van der Waals surface area contributed by atoms with Crippen molar-refractivity contribution in [1.82, 2.24) is 0 Å². The minimum atomic E-state index is -0.631. The van der Waals surface area contributed by atoms with Gasteiger partial charge in [0.1, 0.15) is 0 Å². The first-order valence-corrected chi connectivity index (χ1v) is 6.47. The van der Waals surface area contributed by atoms with E-state index in [1.165, 1.54) is 12.8 Å². The van der Waals surface area contributed by atoms with Crippen LogP contribution in [0.1, 0.15) is 59.3 Å². The average Bonchev–Trinajstić information content (AvgIpc) is 2.24. The fourth-order valence-corrected chi connectivity index (χ4v) is 2.01. The molecule has 16 heavy (non-hydrogen) atoms. The minimum absolute atomic E-state index is 0.173. The highest BCUT2D eigenvalue weighted by atomic mass is 16.4. The maximum absolute atomic E-state index is 11.1. The number of hydrogen-bond acceptors (Lipinski definition) is 1. The van der Waals surface area contributed by atoms with Gasteiger partial charge in [0.15, 0.2) is 0 Å². The van der Waals surface area contributed by atoms with Crippen molar-refractivity contribution >= 4 is 5.97 Å². The molecule has 1 N–H and O–H groups in total. The van der Waals surface area contributed by atoms with Crippen molar-refractivity contribution in [3.05, 3.63) is 12.2 Å². The summed E-state index contributed by atoms with van der Waals surface area (Å²) in [7, 11) is 0. The fraction of sp³-hybridized carbons (Fsp3) is 0.786. The van der Waals surface area contributed by atoms with E-state index in [2.05, 4.69) is 19.9 Å². The summed E-state index contributed by atoms with van der Waals surface area (Å²) in [6.45, 7) is 6.22. The summed E-state index contributed by atoms with van der Waals surface area (Å²) in [5.41, 5.74) is 0. The van der Waals surface area contributed by atoms with E-state index in [-0.39, 0.29) is 5.92 Å². The Morgan fingerprint density at radius 1 is 1.31 bits per heavy atom. The van der Waals surface area contributed by atoms with Crippen LogP contribution in [0, 0.1) is 11.8 Å². The summed E-state index contributed by atoms with van der Waals surface area (Å²) in [6, 6.07) is 0. The molecule has 0 saturated carbocycles. The fourth-order valence-electron chi connectivity index (χ4n) is 2.01. The maximum Gasteiger partial charge on any atom is 0.306 e. The molecule has 2 nitrogen and oxygen atoms in total. The highest BCUT2D eigenvalue weighted by Crippen LogP contribution is 2.23. The number of hydrogen-bond donors (Lipinski definition) is 1. The van der Waals surface area contributed by atoms with Gasteiger partial charge in [0.25, 0.3) is 0 Å². The van der Waals surface area contributed by atoms with Crippen molar-refractivity contribution in [1.29, 1.82) is 0 Å². The van der Waals surface area contributed by atoms with E-state index >= 15 is 0 Å². The monoisotopic (exact) mass is 226 g/mol. The molecular formula is C14H26O2. The van der Waals surface area contributed by atoms with E-state index in [9.17, 15) is 9.90 Å². The normalized spacial score (nSPS) is 15.2. The highest BCUT2D eigenvalue weighted by Gasteiger charge is 2.23. The second-order valence-electron chi connectivity index (χ2n) is 4.56. The zero-order chi connectivity index (χ0) is 12.4. The van der Waals surface area contributed by atoms with Gasteiger partial charge in [-0.15, -0.1) is 0 Å². The van der Waals surface area contributed by atoms with Crippen LogP contribution in [0.3, 0.4) is 0 Å². The van der Waals surface area contributed by atoms with Gasteiger partial charge < -0.3 is 5.11 Å². The van der Waals surface area contributed by atoms with Crippen molar-refractivity contribution in [2.24, 2.45) is 11.8 Å². The lowest BCUT2D eigenvalue weighted by atomic mass is 9.86. The molecule has 0 aromatic rings. The molecule has 0 spiro atoms. The molecule has 0 heterocycles. The van der Waals surface area contributed by atoms with Crippen LogP contribution in [-0.2, 0) is 4.79 Å². The van der Waals surface area contributed by atoms with Crippen molar-refractivity contribution in [3.8, 4) is 0 Å². The summed E-state index contributed by atoms with van der Waals surface area (Å²) in [5.74, 6) is -0.504. The summed E-state index contributed by atoms with van der Waals surface area (Å²) < 4.78 is 0. The smallest absolute Gasteiger partial charge is 0.306 e. The third kappa shape index (κ3) is 6.65. The van der Waals surface area contributed by atoms with Gasteiger partial charge >= 0.3 is 5.97 Å². The summed E-state index contributed by atoms with van der Waals surface area (Å²) in [4.78, 5) is 11.1. The van der Waals surface area contributed by atoms with E-state index in [1.54, 1.807) is 0 Å². The van der Waals surface area contributed by atoms with Crippen LogP contribution < -0.4 is 0 Å². The first-order valence-electron chi connectivity index (χ1n) is 6.47. The molecule has 0 fully saturated rings. The van der Waals surface area contributed by atoms with Gasteiger partial charge in [0, 0.05) is 0 Å². The maximum atomic E-state index is 11.1. The van der Waals surface area contributed by atoms with E-state index in [1.807, 2.05) is 13.0 Å². The van der Waals surface area contributed by atoms with Crippen molar-refractivity contribution < 1.29 is 9.90 Å². The Labute approximate surface area is 99.7 Å². The molecule has 0 aliphatic heterocycles. The summed E-state index contributed by atoms with van der Waals surface area (Å²) in [6.07, 6.45) is 10.3. The lowest BCUT2D eigenvalue weighted by Gasteiger charge is -2.19. The Balaban J connectivity index is 4.02. The van der Waals surface area contributed by atoms with Crippen LogP contribution in [0.2, 0.25) is 0 Å². The predicted octanol–water partition coefficient (Wildman–Crippen LogP) is 4.26. The Hall–Kier alpha value is -0.790. The van der Waals surface area contributed by atoms with Gasteiger partial charge in [0.05, 0.1) is 5.92 Å². The van der Waals surface area contributed by atoms with Gasteiger partial charge in [-0.25, -0.2) is 0 Å². The highest BCUT2D eigenvalue weighted by molar-refractivity contribution is 5.70. The molecule has 0 aromatic heterocycles. The molecular weight excluding hydrogens is 200 g/mol. The minimum Gasteiger partial charge on any atom is -0.481 e. The first-order chi connectivity index (χ1) is 7.63. The zero-order valence-electron chi connectivity index (χ0n) is 10.9. The Morgan fingerprint density at radius 3 is 2.50 bits per heavy atom. The quantitative estimate of drug-likeness (QED) is 0.471. The van der Waals surface area contributed by atoms with Gasteiger partial charge in [-0.1, -0.05) is 45.3 Å². The predicted molar refractivity (Wildman–Crippen MR) is 68.5 cm³/mol. The van der Waals surface area contributed by atoms with E-state index in [0.717, 1.165) is 25.7 Å². The molecule has 0 aliphatic rings. The Bertz CT molecular complexity index is 209. The van der Waals surface area contributed by atoms with Gasteiger partial charge in [-0.05, 0) is 32.1 Å². The van der Waals surface area contributed by atoms with E-state index in [4.69, 9.17) is 0 Å². The van der Waals surface area contributed by atoms with Gasteiger partial charge in [-0.3, -0.25) is 4.79 Å². The topological polar surface area (TPSA) is 37.3 Å². The van der Waals surface area contributed by atoms with E-state index in [0.29, 0.717) is 5.92 Å². The molecule has 0 aliphatic carbocycles. The van der Waals surface area contributed by atoms with Crippen LogP contribution in [-0.4, -0.2) is 11.1 Å². The molecule has 0 aromatic carbocycles. The van der Waals surface area contributed by atoms with Crippen LogP contribution in [0.25, 0.3) is 0 Å². The molecule has 0 amide bonds. The second kappa shape index (κ2) is 9.44. The number of carbonyl (C=O) groups is 1. The van der Waals surface area contributed by atoms with Gasteiger partial charge in [0.2, 0.25) is 0 Å². The van der Waals surface area contributed by atoms with Crippen LogP contribution in [0.5, 0.6) is 0 Å². The lowest BCUT2D eigenvalue weighted by Crippen LogP contribution is -2.21. The molecule has 0 rings (SSSR count). The van der Waals surface area contributed by atoms with Gasteiger partial charge in [-0.2, -0.15) is 0 Å². The standard InChI is InChI=1S/C14H26O2/c1-4-6-8-10-12(3)13(14(15)16)11-9-7-5-2/h5,7,12-13H,4,6,8-11H2,1-3H3,(H,15,16)/b7-5+. The summed E-state index contributed by atoms with van der Waals surface area (Å²) in [5, 5.41) is 9.18. The third-order valence-electron chi connectivity index (χ3n) is 3.15. The molecule has 0 saturated heterocycles. The van der Waals surface area contributed by atoms with Crippen LogP contribution in [0.15, 0.2) is 12.2 Å². The molecule has 0 bridgehead atoms. The number of allylic oxidation sites excluding steroid dienone is 2. The molecule has 0 radical (unpaired) electrons. The van der Waals surface area contributed by atoms with Crippen molar-refractivity contribution in [2.45, 2.75) is 59.3 Å². The number of aliphatic carboxylic acids is 1. The first kappa shape index (κ1) is 15.2. The average molecular weight is 226 g/mol. The second-order valence-corrected chi connectivity index (χ2v) is 4.56. The number of carboxylic acids is 1. The Morgan fingerprint density at radius 2 is 2.00 bits per heavy atom. The van der Waals surface area contributed by atoms with Crippen molar-refractivity contribution in [2.75, 3.05) is 0 Å². The molecule has 94 valence electrons. The molecule has 2 atom stereocenters. The summed E-state index contributed by atoms with van der Waals surface area (Å²) >= 11 is 0.